The number of hydrogen-bond acceptors (Lipinski definition) is 1. The van der Waals surface area contributed by atoms with Crippen molar-refractivity contribution in [2.75, 3.05) is 7.11 Å². The second-order valence-corrected chi connectivity index (χ2v) is 3.67. The van der Waals surface area contributed by atoms with Crippen molar-refractivity contribution in [3.63, 3.8) is 0 Å². The predicted molar refractivity (Wildman–Crippen MR) is 55.2 cm³/mol. The normalized spacial score (nSPS) is 11.3. The van der Waals surface area contributed by atoms with E-state index in [4.69, 9.17) is 4.74 Å². The summed E-state index contributed by atoms with van der Waals surface area (Å²) in [7, 11) is 1.41. The van der Waals surface area contributed by atoms with Crippen LogP contribution in [0.2, 0.25) is 0 Å². The minimum atomic E-state index is -4.34. The lowest BCUT2D eigenvalue weighted by Crippen LogP contribution is -2.05. The van der Waals surface area contributed by atoms with Crippen molar-refractivity contribution < 1.29 is 17.9 Å². The zero-order valence-electron chi connectivity index (χ0n) is 7.86. The molecule has 0 fully saturated rings. The van der Waals surface area contributed by atoms with Crippen LogP contribution in [0.15, 0.2) is 29.3 Å². The number of halogens is 4. The Morgan fingerprint density at radius 1 is 1.40 bits per heavy atom. The van der Waals surface area contributed by atoms with Gasteiger partial charge in [0.25, 0.3) is 0 Å². The van der Waals surface area contributed by atoms with Gasteiger partial charge >= 0.3 is 6.18 Å². The minimum Gasteiger partial charge on any atom is -0.497 e. The van der Waals surface area contributed by atoms with Crippen molar-refractivity contribution in [3.8, 4) is 0 Å². The predicted octanol–water partition coefficient (Wildman–Crippen LogP) is 4.09. The summed E-state index contributed by atoms with van der Waals surface area (Å²) in [5.74, 6) is 0.315. The molecule has 0 aromatic heterocycles. The Morgan fingerprint density at radius 3 is 2.40 bits per heavy atom. The van der Waals surface area contributed by atoms with Crippen molar-refractivity contribution in [1.29, 1.82) is 0 Å². The van der Waals surface area contributed by atoms with Crippen LogP contribution in [0.1, 0.15) is 11.1 Å². The zero-order chi connectivity index (χ0) is 11.6. The molecule has 0 amide bonds. The van der Waals surface area contributed by atoms with Gasteiger partial charge in [0.2, 0.25) is 0 Å². The highest BCUT2D eigenvalue weighted by molar-refractivity contribution is 9.10. The van der Waals surface area contributed by atoms with Gasteiger partial charge in [-0.3, -0.25) is 0 Å². The lowest BCUT2D eigenvalue weighted by molar-refractivity contribution is -0.137. The van der Waals surface area contributed by atoms with Gasteiger partial charge in [-0.15, -0.1) is 0 Å². The van der Waals surface area contributed by atoms with E-state index in [9.17, 15) is 13.2 Å². The SMILES string of the molecule is C=C(OC)c1ccc(C(F)(F)F)cc1Br. The monoisotopic (exact) mass is 280 g/mol. The molecule has 0 aliphatic carbocycles. The van der Waals surface area contributed by atoms with Crippen LogP contribution >= 0.6 is 15.9 Å². The maximum atomic E-state index is 12.3. The molecule has 1 aromatic carbocycles. The summed E-state index contributed by atoms with van der Waals surface area (Å²) in [5, 5.41) is 0. The van der Waals surface area contributed by atoms with Gasteiger partial charge in [0.1, 0.15) is 5.76 Å². The first-order chi connectivity index (χ1) is 6.86. The van der Waals surface area contributed by atoms with Gasteiger partial charge in [-0.1, -0.05) is 22.5 Å². The summed E-state index contributed by atoms with van der Waals surface area (Å²) < 4.78 is 42.1. The van der Waals surface area contributed by atoms with Crippen LogP contribution in [-0.4, -0.2) is 7.11 Å². The van der Waals surface area contributed by atoms with Crippen molar-refractivity contribution in [1.82, 2.24) is 0 Å². The first-order valence-electron chi connectivity index (χ1n) is 3.96. The Morgan fingerprint density at radius 2 is 2.00 bits per heavy atom. The first kappa shape index (κ1) is 12.1. The van der Waals surface area contributed by atoms with Gasteiger partial charge in [-0.25, -0.2) is 0 Å². The van der Waals surface area contributed by atoms with Crippen LogP contribution < -0.4 is 0 Å². The van der Waals surface area contributed by atoms with Crippen molar-refractivity contribution in [3.05, 3.63) is 40.4 Å². The van der Waals surface area contributed by atoms with E-state index in [1.54, 1.807) is 0 Å². The molecule has 0 heterocycles. The topological polar surface area (TPSA) is 9.23 Å². The van der Waals surface area contributed by atoms with E-state index in [0.29, 0.717) is 15.8 Å². The maximum Gasteiger partial charge on any atom is 0.416 e. The average molecular weight is 281 g/mol. The molecule has 15 heavy (non-hydrogen) atoms. The van der Waals surface area contributed by atoms with Gasteiger partial charge in [0, 0.05) is 10.0 Å². The number of alkyl halides is 3. The number of methoxy groups -OCH3 is 1. The number of ether oxygens (including phenoxy) is 1. The molecule has 0 saturated carbocycles. The summed E-state index contributed by atoms with van der Waals surface area (Å²) in [6.07, 6.45) is -4.34. The Hall–Kier alpha value is -0.970. The number of hydrogen-bond donors (Lipinski definition) is 0. The molecule has 0 saturated heterocycles. The van der Waals surface area contributed by atoms with E-state index in [1.807, 2.05) is 0 Å². The molecule has 0 aliphatic rings. The molecule has 1 aromatic rings. The fourth-order valence-corrected chi connectivity index (χ4v) is 1.63. The minimum absolute atomic E-state index is 0.309. The molecule has 0 spiro atoms. The molecule has 0 atom stereocenters. The number of benzene rings is 1. The smallest absolute Gasteiger partial charge is 0.416 e. The quantitative estimate of drug-likeness (QED) is 0.742. The van der Waals surface area contributed by atoms with E-state index in [-0.39, 0.29) is 0 Å². The lowest BCUT2D eigenvalue weighted by Gasteiger charge is -2.10. The summed E-state index contributed by atoms with van der Waals surface area (Å²) in [6.45, 7) is 3.56. The Labute approximate surface area is 93.7 Å². The van der Waals surface area contributed by atoms with E-state index < -0.39 is 11.7 Å². The third-order valence-corrected chi connectivity index (χ3v) is 2.50. The lowest BCUT2D eigenvalue weighted by atomic mass is 10.1. The van der Waals surface area contributed by atoms with E-state index >= 15 is 0 Å². The summed E-state index contributed by atoms with van der Waals surface area (Å²) >= 11 is 3.04. The van der Waals surface area contributed by atoms with Gasteiger partial charge in [-0.2, -0.15) is 13.2 Å². The van der Waals surface area contributed by atoms with Gasteiger partial charge in [-0.05, 0) is 18.2 Å². The van der Waals surface area contributed by atoms with Crippen LogP contribution in [0.5, 0.6) is 0 Å². The summed E-state index contributed by atoms with van der Waals surface area (Å²) in [4.78, 5) is 0. The standard InChI is InChI=1S/C10H8BrF3O/c1-6(15-2)8-4-3-7(5-9(8)11)10(12,13)14/h3-5H,1H2,2H3. The molecule has 1 nitrogen and oxygen atoms in total. The van der Waals surface area contributed by atoms with Gasteiger partial charge < -0.3 is 4.74 Å². The van der Waals surface area contributed by atoms with Gasteiger partial charge in [0.05, 0.1) is 12.7 Å². The summed E-state index contributed by atoms with van der Waals surface area (Å²) in [6, 6.07) is 3.31. The molecule has 0 aliphatic heterocycles. The molecule has 1 rings (SSSR count). The Kier molecular flexibility index (Phi) is 3.44. The van der Waals surface area contributed by atoms with Crippen LogP contribution in [0.3, 0.4) is 0 Å². The van der Waals surface area contributed by atoms with Crippen LogP contribution in [0, 0.1) is 0 Å². The third-order valence-electron chi connectivity index (χ3n) is 1.84. The fourth-order valence-electron chi connectivity index (χ4n) is 1.03. The molecular weight excluding hydrogens is 273 g/mol. The fraction of sp³-hybridized carbons (Fsp3) is 0.200. The Balaban J connectivity index is 3.15. The third kappa shape index (κ3) is 2.75. The highest BCUT2D eigenvalue weighted by Crippen LogP contribution is 2.33. The molecule has 0 unspecified atom stereocenters. The molecule has 0 radical (unpaired) electrons. The number of rotatable bonds is 2. The zero-order valence-corrected chi connectivity index (χ0v) is 9.45. The second-order valence-electron chi connectivity index (χ2n) is 2.82. The average Bonchev–Trinajstić information content (AvgIpc) is 2.15. The molecule has 5 heteroatoms. The van der Waals surface area contributed by atoms with Crippen LogP contribution in [-0.2, 0) is 10.9 Å². The molecule has 82 valence electrons. The highest BCUT2D eigenvalue weighted by Gasteiger charge is 2.30. The molecule has 0 N–H and O–H groups in total. The second kappa shape index (κ2) is 4.26. The van der Waals surface area contributed by atoms with Crippen LogP contribution in [0.25, 0.3) is 5.76 Å². The van der Waals surface area contributed by atoms with E-state index in [1.165, 1.54) is 13.2 Å². The largest absolute Gasteiger partial charge is 0.497 e. The van der Waals surface area contributed by atoms with Crippen molar-refractivity contribution >= 4 is 21.7 Å². The van der Waals surface area contributed by atoms with Crippen molar-refractivity contribution in [2.24, 2.45) is 0 Å². The van der Waals surface area contributed by atoms with Gasteiger partial charge in [0.15, 0.2) is 0 Å². The molecular formula is C10H8BrF3O. The van der Waals surface area contributed by atoms with E-state index in [0.717, 1.165) is 12.1 Å². The summed E-state index contributed by atoms with van der Waals surface area (Å²) in [5.41, 5.74) is -0.201. The Bertz CT molecular complexity index is 385. The van der Waals surface area contributed by atoms with Crippen LogP contribution in [0.4, 0.5) is 13.2 Å². The molecule has 0 bridgehead atoms. The highest BCUT2D eigenvalue weighted by atomic mass is 79.9. The van der Waals surface area contributed by atoms with Crippen molar-refractivity contribution in [2.45, 2.75) is 6.18 Å². The van der Waals surface area contributed by atoms with E-state index in [2.05, 4.69) is 22.5 Å². The first-order valence-corrected chi connectivity index (χ1v) is 4.75. The maximum absolute atomic E-state index is 12.3.